The number of nitrogens with one attached hydrogen (secondary N) is 1. The summed E-state index contributed by atoms with van der Waals surface area (Å²) in [5.41, 5.74) is 0. The molecular formula is C15H30IN3. The van der Waals surface area contributed by atoms with Crippen LogP contribution < -0.4 is 5.32 Å². The Morgan fingerprint density at radius 1 is 1.26 bits per heavy atom. The monoisotopic (exact) mass is 379 g/mol. The van der Waals surface area contributed by atoms with Gasteiger partial charge in [0.2, 0.25) is 0 Å². The van der Waals surface area contributed by atoms with Crippen LogP contribution >= 0.6 is 24.0 Å². The second kappa shape index (κ2) is 8.32. The number of hydrogen-bond acceptors (Lipinski definition) is 1. The molecule has 19 heavy (non-hydrogen) atoms. The summed E-state index contributed by atoms with van der Waals surface area (Å²) in [6.45, 7) is 4.48. The number of halogens is 1. The molecule has 0 aromatic heterocycles. The van der Waals surface area contributed by atoms with E-state index >= 15 is 0 Å². The SMILES string of the molecule is CCCCN(C)C(=NC)NCC(C1CC1)C1CC1.I. The van der Waals surface area contributed by atoms with Gasteiger partial charge in [-0.2, -0.15) is 0 Å². The van der Waals surface area contributed by atoms with Gasteiger partial charge in [0.1, 0.15) is 0 Å². The summed E-state index contributed by atoms with van der Waals surface area (Å²) in [6, 6.07) is 0. The van der Waals surface area contributed by atoms with Gasteiger partial charge in [0, 0.05) is 27.2 Å². The number of unbranched alkanes of at least 4 members (excludes halogenated alkanes) is 1. The molecule has 2 rings (SSSR count). The molecule has 0 atom stereocenters. The highest BCUT2D eigenvalue weighted by Crippen LogP contribution is 2.48. The van der Waals surface area contributed by atoms with E-state index in [0.717, 1.165) is 36.8 Å². The van der Waals surface area contributed by atoms with Gasteiger partial charge < -0.3 is 10.2 Å². The highest BCUT2D eigenvalue weighted by atomic mass is 127. The molecule has 0 aliphatic heterocycles. The Morgan fingerprint density at radius 2 is 1.84 bits per heavy atom. The standard InChI is InChI=1S/C15H29N3.HI/c1-4-5-10-18(3)15(16-2)17-11-14(12-6-7-12)13-8-9-13;/h12-14H,4-11H2,1-3H3,(H,16,17);1H. The summed E-state index contributed by atoms with van der Waals surface area (Å²) in [7, 11) is 4.04. The van der Waals surface area contributed by atoms with Crippen molar-refractivity contribution in [1.82, 2.24) is 10.2 Å². The third kappa shape index (κ3) is 5.48. The lowest BCUT2D eigenvalue weighted by Gasteiger charge is -2.24. The molecule has 0 unspecified atom stereocenters. The molecule has 2 aliphatic carbocycles. The van der Waals surface area contributed by atoms with Crippen molar-refractivity contribution < 1.29 is 0 Å². The van der Waals surface area contributed by atoms with Gasteiger partial charge >= 0.3 is 0 Å². The molecule has 2 fully saturated rings. The Kier molecular flexibility index (Phi) is 7.47. The molecule has 0 aromatic rings. The van der Waals surface area contributed by atoms with Crippen molar-refractivity contribution >= 4 is 29.9 Å². The minimum absolute atomic E-state index is 0. The Hall–Kier alpha value is 0. The van der Waals surface area contributed by atoms with E-state index in [2.05, 4.69) is 29.2 Å². The Balaban J connectivity index is 0.00000180. The van der Waals surface area contributed by atoms with Gasteiger partial charge in [-0.15, -0.1) is 24.0 Å². The molecule has 0 spiro atoms. The average molecular weight is 379 g/mol. The fourth-order valence-corrected chi connectivity index (χ4v) is 2.86. The molecule has 2 aliphatic rings. The Bertz CT molecular complexity index is 273. The second-order valence-corrected chi connectivity index (χ2v) is 6.04. The van der Waals surface area contributed by atoms with Crippen LogP contribution in [0.25, 0.3) is 0 Å². The van der Waals surface area contributed by atoms with E-state index < -0.39 is 0 Å². The van der Waals surface area contributed by atoms with E-state index in [0.29, 0.717) is 0 Å². The van der Waals surface area contributed by atoms with E-state index in [1.54, 1.807) is 0 Å². The van der Waals surface area contributed by atoms with Crippen molar-refractivity contribution in [3.8, 4) is 0 Å². The largest absolute Gasteiger partial charge is 0.356 e. The van der Waals surface area contributed by atoms with Crippen LogP contribution in [-0.4, -0.2) is 38.0 Å². The van der Waals surface area contributed by atoms with Gasteiger partial charge in [0.05, 0.1) is 0 Å². The fraction of sp³-hybridized carbons (Fsp3) is 0.933. The molecule has 0 heterocycles. The first-order chi connectivity index (χ1) is 8.76. The first-order valence-corrected chi connectivity index (χ1v) is 7.68. The Morgan fingerprint density at radius 3 is 2.26 bits per heavy atom. The first kappa shape index (κ1) is 17.1. The van der Waals surface area contributed by atoms with Gasteiger partial charge in [0.15, 0.2) is 5.96 Å². The maximum atomic E-state index is 4.40. The fourth-order valence-electron chi connectivity index (χ4n) is 2.86. The second-order valence-electron chi connectivity index (χ2n) is 6.04. The quantitative estimate of drug-likeness (QED) is 0.417. The van der Waals surface area contributed by atoms with Crippen LogP contribution in [0.2, 0.25) is 0 Å². The molecule has 112 valence electrons. The van der Waals surface area contributed by atoms with Gasteiger partial charge in [-0.3, -0.25) is 4.99 Å². The molecule has 2 saturated carbocycles. The predicted molar refractivity (Wildman–Crippen MR) is 93.3 cm³/mol. The maximum absolute atomic E-state index is 4.40. The van der Waals surface area contributed by atoms with Crippen molar-refractivity contribution in [3.63, 3.8) is 0 Å². The van der Waals surface area contributed by atoms with Crippen LogP contribution in [0.15, 0.2) is 4.99 Å². The summed E-state index contributed by atoms with van der Waals surface area (Å²) in [5, 5.41) is 3.60. The van der Waals surface area contributed by atoms with E-state index in [9.17, 15) is 0 Å². The van der Waals surface area contributed by atoms with Crippen molar-refractivity contribution in [2.24, 2.45) is 22.7 Å². The van der Waals surface area contributed by atoms with Gasteiger partial charge in [0.25, 0.3) is 0 Å². The summed E-state index contributed by atoms with van der Waals surface area (Å²) >= 11 is 0. The molecule has 0 aromatic carbocycles. The van der Waals surface area contributed by atoms with Gasteiger partial charge in [-0.25, -0.2) is 0 Å². The Labute approximate surface area is 135 Å². The van der Waals surface area contributed by atoms with Crippen LogP contribution in [0.5, 0.6) is 0 Å². The summed E-state index contributed by atoms with van der Waals surface area (Å²) in [5.74, 6) is 4.03. The molecule has 3 nitrogen and oxygen atoms in total. The molecule has 0 amide bonds. The lowest BCUT2D eigenvalue weighted by Crippen LogP contribution is -2.42. The third-order valence-electron chi connectivity index (χ3n) is 4.37. The van der Waals surface area contributed by atoms with Crippen molar-refractivity contribution in [2.45, 2.75) is 45.4 Å². The number of guanidine groups is 1. The molecule has 0 bridgehead atoms. The summed E-state index contributed by atoms with van der Waals surface area (Å²) in [4.78, 5) is 6.67. The number of aliphatic imine (C=N–C) groups is 1. The average Bonchev–Trinajstić information content (AvgIpc) is 3.24. The van der Waals surface area contributed by atoms with Crippen molar-refractivity contribution in [3.05, 3.63) is 0 Å². The number of hydrogen-bond donors (Lipinski definition) is 1. The third-order valence-corrected chi connectivity index (χ3v) is 4.37. The van der Waals surface area contributed by atoms with E-state index in [1.807, 2.05) is 7.05 Å². The normalized spacial score (nSPS) is 19.3. The van der Waals surface area contributed by atoms with E-state index in [4.69, 9.17) is 0 Å². The van der Waals surface area contributed by atoms with Gasteiger partial charge in [-0.1, -0.05) is 13.3 Å². The van der Waals surface area contributed by atoms with Crippen LogP contribution in [0.4, 0.5) is 0 Å². The predicted octanol–water partition coefficient (Wildman–Crippen LogP) is 3.35. The van der Waals surface area contributed by atoms with E-state index in [1.165, 1.54) is 38.5 Å². The highest BCUT2D eigenvalue weighted by Gasteiger charge is 2.41. The van der Waals surface area contributed by atoms with Crippen molar-refractivity contribution in [2.75, 3.05) is 27.2 Å². The molecular weight excluding hydrogens is 349 g/mol. The van der Waals surface area contributed by atoms with Crippen LogP contribution in [-0.2, 0) is 0 Å². The van der Waals surface area contributed by atoms with Crippen LogP contribution in [0.3, 0.4) is 0 Å². The molecule has 0 radical (unpaired) electrons. The lowest BCUT2D eigenvalue weighted by molar-refractivity contribution is 0.387. The molecule has 1 N–H and O–H groups in total. The minimum Gasteiger partial charge on any atom is -0.356 e. The lowest BCUT2D eigenvalue weighted by atomic mass is 9.98. The highest BCUT2D eigenvalue weighted by molar-refractivity contribution is 14.0. The molecule has 0 saturated heterocycles. The van der Waals surface area contributed by atoms with Crippen molar-refractivity contribution in [1.29, 1.82) is 0 Å². The zero-order chi connectivity index (χ0) is 13.0. The number of rotatable bonds is 7. The van der Waals surface area contributed by atoms with Crippen LogP contribution in [0.1, 0.15) is 45.4 Å². The molecule has 4 heteroatoms. The van der Waals surface area contributed by atoms with E-state index in [-0.39, 0.29) is 24.0 Å². The maximum Gasteiger partial charge on any atom is 0.193 e. The zero-order valence-corrected chi connectivity index (χ0v) is 15.0. The summed E-state index contributed by atoms with van der Waals surface area (Å²) in [6.07, 6.45) is 8.35. The van der Waals surface area contributed by atoms with Gasteiger partial charge in [-0.05, 0) is 49.9 Å². The topological polar surface area (TPSA) is 27.6 Å². The smallest absolute Gasteiger partial charge is 0.193 e. The number of nitrogens with zero attached hydrogens (tertiary/aromatic N) is 2. The van der Waals surface area contributed by atoms with Crippen LogP contribution in [0, 0.1) is 17.8 Å². The summed E-state index contributed by atoms with van der Waals surface area (Å²) < 4.78 is 0. The zero-order valence-electron chi connectivity index (χ0n) is 12.7. The minimum atomic E-state index is 0. The first-order valence-electron chi connectivity index (χ1n) is 7.68.